The Balaban J connectivity index is 1.18. The number of hydrogen-bond acceptors (Lipinski definition) is 11. The van der Waals surface area contributed by atoms with Gasteiger partial charge >= 0.3 is 6.09 Å². The van der Waals surface area contributed by atoms with Crippen LogP contribution >= 0.6 is 11.8 Å². The second-order valence-electron chi connectivity index (χ2n) is 12.9. The van der Waals surface area contributed by atoms with Gasteiger partial charge in [0.15, 0.2) is 6.29 Å². The third-order valence-corrected chi connectivity index (χ3v) is 10.4. The number of alkyl carbamates (subject to hydrolysis) is 1. The molecule has 47 heavy (non-hydrogen) atoms. The van der Waals surface area contributed by atoms with Crippen molar-refractivity contribution in [3.05, 3.63) is 90.1 Å². The first-order valence-corrected chi connectivity index (χ1v) is 17.2. The zero-order chi connectivity index (χ0) is 32.8. The first kappa shape index (κ1) is 33.8. The number of hydrogen-bond donors (Lipinski definition) is 5. The Morgan fingerprint density at radius 3 is 2.60 bits per heavy atom. The number of aliphatic hydroxyl groups is 2. The lowest BCUT2D eigenvalue weighted by Crippen LogP contribution is -2.59. The Hall–Kier alpha value is -3.07. The van der Waals surface area contributed by atoms with Crippen molar-refractivity contribution in [2.24, 2.45) is 5.92 Å². The molecule has 5 N–H and O–H groups in total. The van der Waals surface area contributed by atoms with E-state index >= 15 is 0 Å². The summed E-state index contributed by atoms with van der Waals surface area (Å²) in [4.78, 5) is 17.7. The third kappa shape index (κ3) is 8.70. The van der Waals surface area contributed by atoms with E-state index < -0.39 is 30.6 Å². The average molecular weight is 664 g/mol. The Morgan fingerprint density at radius 2 is 1.87 bits per heavy atom. The lowest BCUT2D eigenvalue weighted by Gasteiger charge is -2.36. The summed E-state index contributed by atoms with van der Waals surface area (Å²) >= 11 is 1.75. The number of aliphatic hydroxyl groups excluding tert-OH is 2. The number of nitrogens with one attached hydrogen (secondary N) is 3. The fraction of sp³-hybridized carbons (Fsp3) is 0.486. The molecule has 1 amide bonds. The summed E-state index contributed by atoms with van der Waals surface area (Å²) < 4.78 is 16.8. The molecule has 3 fully saturated rings. The molecule has 0 saturated carbocycles. The van der Waals surface area contributed by atoms with Gasteiger partial charge in [-0.25, -0.2) is 15.2 Å². The van der Waals surface area contributed by atoms with Crippen LogP contribution in [-0.2, 0) is 27.2 Å². The Morgan fingerprint density at radius 1 is 1.09 bits per heavy atom. The standard InChI is InChI=1S/C35H45N5O6S/c1-35(2)31(37-22-47-35)32(42)39-40(19-24-11-13-25(14-12-24)27-10-6-7-16-36-27)20-29(41)28(18-23-8-4-3-5-9-23)38-34(43)46-30-21-45-33-26(30)15-17-44-33/h3-14,16,26,28-33,37,39,41-42H,15,17-22H2,1-2H3,(H,38,43)/t26-,28-,29-,30-,31?,32+,33+/m0/s1. The number of aromatic nitrogens is 1. The lowest BCUT2D eigenvalue weighted by atomic mass is 10.0. The number of carbonyl (C=O) groups excluding carboxylic acids is 1. The van der Waals surface area contributed by atoms with Gasteiger partial charge in [0.25, 0.3) is 0 Å². The first-order chi connectivity index (χ1) is 22.7. The number of rotatable bonds is 13. The summed E-state index contributed by atoms with van der Waals surface area (Å²) in [6.07, 6.45) is -0.354. The monoisotopic (exact) mass is 663 g/mol. The fourth-order valence-electron chi connectivity index (χ4n) is 6.48. The van der Waals surface area contributed by atoms with Gasteiger partial charge in [-0.05, 0) is 49.9 Å². The van der Waals surface area contributed by atoms with E-state index in [2.05, 4.69) is 34.9 Å². The van der Waals surface area contributed by atoms with Crippen LogP contribution in [0.2, 0.25) is 0 Å². The molecule has 1 unspecified atom stereocenters. The molecule has 252 valence electrons. The predicted octanol–water partition coefficient (Wildman–Crippen LogP) is 3.27. The van der Waals surface area contributed by atoms with Crippen LogP contribution in [0, 0.1) is 5.92 Å². The summed E-state index contributed by atoms with van der Waals surface area (Å²) in [7, 11) is 0. The van der Waals surface area contributed by atoms with Gasteiger partial charge in [0, 0.05) is 35.5 Å². The van der Waals surface area contributed by atoms with E-state index in [0.29, 0.717) is 19.6 Å². The van der Waals surface area contributed by atoms with Crippen molar-refractivity contribution in [3.8, 4) is 11.3 Å². The number of amides is 1. The highest BCUT2D eigenvalue weighted by Gasteiger charge is 2.44. The second kappa shape index (κ2) is 15.4. The van der Waals surface area contributed by atoms with E-state index in [0.717, 1.165) is 34.7 Å². The van der Waals surface area contributed by atoms with Crippen molar-refractivity contribution in [3.63, 3.8) is 0 Å². The van der Waals surface area contributed by atoms with E-state index in [4.69, 9.17) is 14.2 Å². The molecular formula is C35H45N5O6S. The van der Waals surface area contributed by atoms with E-state index in [1.807, 2.05) is 77.8 Å². The van der Waals surface area contributed by atoms with Gasteiger partial charge in [-0.3, -0.25) is 4.98 Å². The number of ether oxygens (including phenoxy) is 3. The SMILES string of the molecule is CC1(C)SCNC1[C@@H](O)NN(Cc1ccc(-c2ccccn2)cc1)C[C@H](O)[C@H](Cc1ccccc1)NC(=O)O[C@H]1CO[C@H]2OCC[C@H]21. The van der Waals surface area contributed by atoms with Gasteiger partial charge in [0.05, 0.1) is 43.0 Å². The number of fused-ring (bicyclic) bond motifs is 1. The quantitative estimate of drug-likeness (QED) is 0.136. The molecule has 4 heterocycles. The van der Waals surface area contributed by atoms with Gasteiger partial charge in [0.1, 0.15) is 12.3 Å². The van der Waals surface area contributed by atoms with Crippen molar-refractivity contribution in [1.82, 2.24) is 26.1 Å². The first-order valence-electron chi connectivity index (χ1n) is 16.2. The van der Waals surface area contributed by atoms with Crippen LogP contribution in [0.1, 0.15) is 31.4 Å². The minimum absolute atomic E-state index is 0.00935. The molecular weight excluding hydrogens is 618 g/mol. The topological polar surface area (TPSA) is 137 Å². The average Bonchev–Trinajstić information content (AvgIpc) is 3.79. The molecule has 11 nitrogen and oxygen atoms in total. The molecule has 3 aliphatic rings. The maximum absolute atomic E-state index is 13.2. The highest BCUT2D eigenvalue weighted by molar-refractivity contribution is 8.00. The van der Waals surface area contributed by atoms with Crippen molar-refractivity contribution in [2.45, 2.75) is 74.8 Å². The maximum Gasteiger partial charge on any atom is 0.407 e. The van der Waals surface area contributed by atoms with Crippen molar-refractivity contribution in [1.29, 1.82) is 0 Å². The highest BCUT2D eigenvalue weighted by Crippen LogP contribution is 2.34. The van der Waals surface area contributed by atoms with Gasteiger partial charge in [-0.1, -0.05) is 60.7 Å². The number of hydrazine groups is 1. The maximum atomic E-state index is 13.2. The number of thioether (sulfide) groups is 1. The van der Waals surface area contributed by atoms with Crippen LogP contribution in [0.3, 0.4) is 0 Å². The molecule has 12 heteroatoms. The van der Waals surface area contributed by atoms with Crippen LogP contribution in [0.25, 0.3) is 11.3 Å². The summed E-state index contributed by atoms with van der Waals surface area (Å²) in [6, 6.07) is 22.7. The molecule has 0 aliphatic carbocycles. The smallest absolute Gasteiger partial charge is 0.407 e. The third-order valence-electron chi connectivity index (χ3n) is 9.13. The van der Waals surface area contributed by atoms with Crippen LogP contribution < -0.4 is 16.1 Å². The zero-order valence-corrected chi connectivity index (χ0v) is 27.6. The van der Waals surface area contributed by atoms with Crippen LogP contribution in [0.15, 0.2) is 79.0 Å². The minimum Gasteiger partial charge on any atom is -0.443 e. The van der Waals surface area contributed by atoms with Gasteiger partial charge < -0.3 is 35.1 Å². The van der Waals surface area contributed by atoms with E-state index in [-0.39, 0.29) is 36.1 Å². The summed E-state index contributed by atoms with van der Waals surface area (Å²) in [5.74, 6) is 0.744. The molecule has 0 radical (unpaired) electrons. The molecule has 3 aliphatic heterocycles. The Kier molecular flexibility index (Phi) is 11.1. The number of nitrogens with zero attached hydrogens (tertiary/aromatic N) is 2. The highest BCUT2D eigenvalue weighted by atomic mass is 32.2. The van der Waals surface area contributed by atoms with Crippen LogP contribution in [0.4, 0.5) is 4.79 Å². The number of carbonyl (C=O) groups is 1. The summed E-state index contributed by atoms with van der Waals surface area (Å²) in [5.41, 5.74) is 7.08. The predicted molar refractivity (Wildman–Crippen MR) is 180 cm³/mol. The van der Waals surface area contributed by atoms with Crippen molar-refractivity contribution < 1.29 is 29.2 Å². The van der Waals surface area contributed by atoms with Gasteiger partial charge in [0.2, 0.25) is 0 Å². The van der Waals surface area contributed by atoms with E-state index in [1.54, 1.807) is 18.0 Å². The minimum atomic E-state index is -1.02. The van der Waals surface area contributed by atoms with E-state index in [1.165, 1.54) is 0 Å². The molecule has 7 atom stereocenters. The van der Waals surface area contributed by atoms with Crippen LogP contribution in [-0.4, -0.2) is 93.5 Å². The Bertz CT molecular complexity index is 1440. The molecule has 1 aromatic heterocycles. The largest absolute Gasteiger partial charge is 0.443 e. The van der Waals surface area contributed by atoms with Gasteiger partial charge in [-0.2, -0.15) is 0 Å². The molecule has 0 spiro atoms. The van der Waals surface area contributed by atoms with Crippen LogP contribution in [0.5, 0.6) is 0 Å². The lowest BCUT2D eigenvalue weighted by molar-refractivity contribution is -0.0907. The summed E-state index contributed by atoms with van der Waals surface area (Å²) in [6.45, 7) is 5.57. The zero-order valence-electron chi connectivity index (χ0n) is 26.8. The fourth-order valence-corrected chi connectivity index (χ4v) is 7.51. The van der Waals surface area contributed by atoms with Crippen molar-refractivity contribution in [2.75, 3.05) is 25.6 Å². The Labute approximate surface area is 280 Å². The normalized spacial score (nSPS) is 25.3. The molecule has 0 bridgehead atoms. The molecule has 3 saturated heterocycles. The van der Waals surface area contributed by atoms with E-state index in [9.17, 15) is 15.0 Å². The second-order valence-corrected chi connectivity index (χ2v) is 14.5. The molecule has 6 rings (SSSR count). The summed E-state index contributed by atoms with van der Waals surface area (Å²) in [5, 5.41) is 31.3. The van der Waals surface area contributed by atoms with Crippen molar-refractivity contribution >= 4 is 17.9 Å². The molecule has 3 aromatic rings. The van der Waals surface area contributed by atoms with Gasteiger partial charge in [-0.15, -0.1) is 11.8 Å². The molecule has 2 aromatic carbocycles. The number of pyridine rings is 1. The number of benzene rings is 2.